The summed E-state index contributed by atoms with van der Waals surface area (Å²) in [4.78, 5) is 14.1. The summed E-state index contributed by atoms with van der Waals surface area (Å²) in [6, 6.07) is 7.60. The van der Waals surface area contributed by atoms with Gasteiger partial charge in [-0.05, 0) is 32.6 Å². The van der Waals surface area contributed by atoms with Crippen molar-refractivity contribution in [2.75, 3.05) is 20.6 Å². The third-order valence-electron chi connectivity index (χ3n) is 3.39. The lowest BCUT2D eigenvalue weighted by molar-refractivity contribution is -0.125. The molecule has 0 aliphatic rings. The molecule has 0 bridgehead atoms. The van der Waals surface area contributed by atoms with Crippen LogP contribution in [0.4, 0.5) is 4.39 Å². The van der Waals surface area contributed by atoms with Crippen LogP contribution < -0.4 is 5.32 Å². The molecule has 1 N–H and O–H groups in total. The van der Waals surface area contributed by atoms with Crippen molar-refractivity contribution in [2.24, 2.45) is 0 Å². The Kier molecular flexibility index (Phi) is 5.66. The van der Waals surface area contributed by atoms with Crippen LogP contribution in [0, 0.1) is 5.82 Å². The number of nitrogens with zero attached hydrogens (tertiary/aromatic N) is 3. The largest absolute Gasteiger partial charge is 0.354 e. The highest BCUT2D eigenvalue weighted by Gasteiger charge is 2.25. The molecule has 0 saturated heterocycles. The van der Waals surface area contributed by atoms with Gasteiger partial charge >= 0.3 is 0 Å². The minimum absolute atomic E-state index is 0.199. The molecule has 22 heavy (non-hydrogen) atoms. The molecule has 1 heterocycles. The standard InChI is InChI=1S/C16H21FN4O/c1-20(2)15(13-7-3-4-8-14(13)17)16(22)18-9-5-11-21-12-6-10-19-21/h3-4,6-8,10,12,15H,5,9,11H2,1-2H3,(H,18,22)/t15-/m1/s1. The Morgan fingerprint density at radius 1 is 1.36 bits per heavy atom. The summed E-state index contributed by atoms with van der Waals surface area (Å²) in [5.41, 5.74) is 0.386. The molecule has 1 aromatic heterocycles. The van der Waals surface area contributed by atoms with Gasteiger partial charge in [-0.2, -0.15) is 5.10 Å². The number of amides is 1. The van der Waals surface area contributed by atoms with Crippen LogP contribution in [0.2, 0.25) is 0 Å². The maximum atomic E-state index is 13.9. The highest BCUT2D eigenvalue weighted by Crippen LogP contribution is 2.21. The van der Waals surface area contributed by atoms with Gasteiger partial charge in [0.15, 0.2) is 0 Å². The van der Waals surface area contributed by atoms with Crippen molar-refractivity contribution in [3.8, 4) is 0 Å². The summed E-state index contributed by atoms with van der Waals surface area (Å²) in [6.07, 6.45) is 4.37. The van der Waals surface area contributed by atoms with Crippen molar-refractivity contribution in [2.45, 2.75) is 19.0 Å². The lowest BCUT2D eigenvalue weighted by Gasteiger charge is -2.24. The Bertz CT molecular complexity index is 598. The molecule has 2 aromatic rings. The summed E-state index contributed by atoms with van der Waals surface area (Å²) >= 11 is 0. The Labute approximate surface area is 129 Å². The molecule has 6 heteroatoms. The van der Waals surface area contributed by atoms with Crippen molar-refractivity contribution in [1.29, 1.82) is 0 Å². The minimum Gasteiger partial charge on any atom is -0.354 e. The van der Waals surface area contributed by atoms with E-state index >= 15 is 0 Å². The number of benzene rings is 1. The Hall–Kier alpha value is -2.21. The van der Waals surface area contributed by atoms with Crippen LogP contribution in [0.15, 0.2) is 42.7 Å². The van der Waals surface area contributed by atoms with E-state index in [2.05, 4.69) is 10.4 Å². The number of aromatic nitrogens is 2. The smallest absolute Gasteiger partial charge is 0.242 e. The van der Waals surface area contributed by atoms with Crippen molar-refractivity contribution in [1.82, 2.24) is 20.0 Å². The predicted molar refractivity (Wildman–Crippen MR) is 82.7 cm³/mol. The number of hydrogen-bond donors (Lipinski definition) is 1. The number of halogens is 1. The average molecular weight is 304 g/mol. The van der Waals surface area contributed by atoms with Gasteiger partial charge in [0, 0.05) is 31.0 Å². The quantitative estimate of drug-likeness (QED) is 0.794. The van der Waals surface area contributed by atoms with E-state index in [1.807, 2.05) is 16.9 Å². The number of rotatable bonds is 7. The van der Waals surface area contributed by atoms with Crippen molar-refractivity contribution in [3.63, 3.8) is 0 Å². The van der Waals surface area contributed by atoms with E-state index in [-0.39, 0.29) is 11.7 Å². The van der Waals surface area contributed by atoms with Crippen molar-refractivity contribution >= 4 is 5.91 Å². The Morgan fingerprint density at radius 2 is 2.14 bits per heavy atom. The summed E-state index contributed by atoms with van der Waals surface area (Å²) in [7, 11) is 3.53. The van der Waals surface area contributed by atoms with E-state index in [1.54, 1.807) is 43.4 Å². The zero-order valence-corrected chi connectivity index (χ0v) is 12.9. The molecular formula is C16H21FN4O. The van der Waals surface area contributed by atoms with E-state index in [1.165, 1.54) is 6.07 Å². The summed E-state index contributed by atoms with van der Waals surface area (Å²) in [6.45, 7) is 1.26. The van der Waals surface area contributed by atoms with Crippen LogP contribution in [0.5, 0.6) is 0 Å². The normalized spacial score (nSPS) is 12.4. The third-order valence-corrected chi connectivity index (χ3v) is 3.39. The Morgan fingerprint density at radius 3 is 2.77 bits per heavy atom. The number of carbonyl (C=O) groups excluding carboxylic acids is 1. The second-order valence-electron chi connectivity index (χ2n) is 5.30. The number of likely N-dealkylation sites (N-methyl/N-ethyl adjacent to an activating group) is 1. The molecule has 1 atom stereocenters. The SMILES string of the molecule is CN(C)[C@@H](C(=O)NCCCn1cccn1)c1ccccc1F. The topological polar surface area (TPSA) is 50.2 Å². The van der Waals surface area contributed by atoms with Crippen molar-refractivity contribution in [3.05, 3.63) is 54.1 Å². The highest BCUT2D eigenvalue weighted by atomic mass is 19.1. The molecule has 0 unspecified atom stereocenters. The second-order valence-corrected chi connectivity index (χ2v) is 5.30. The van der Waals surface area contributed by atoms with Gasteiger partial charge < -0.3 is 5.32 Å². The van der Waals surface area contributed by atoms with Gasteiger partial charge in [0.05, 0.1) is 0 Å². The van der Waals surface area contributed by atoms with E-state index < -0.39 is 6.04 Å². The summed E-state index contributed by atoms with van der Waals surface area (Å²) in [5, 5.41) is 6.97. The molecule has 0 aliphatic carbocycles. The van der Waals surface area contributed by atoms with Crippen LogP contribution in [0.25, 0.3) is 0 Å². The Balaban J connectivity index is 1.91. The average Bonchev–Trinajstić information content (AvgIpc) is 2.99. The van der Waals surface area contributed by atoms with Gasteiger partial charge in [0.25, 0.3) is 0 Å². The van der Waals surface area contributed by atoms with Crippen LogP contribution in [-0.2, 0) is 11.3 Å². The molecule has 0 aliphatic heterocycles. The molecule has 0 radical (unpaired) electrons. The van der Waals surface area contributed by atoms with Gasteiger partial charge in [-0.1, -0.05) is 18.2 Å². The van der Waals surface area contributed by atoms with Crippen molar-refractivity contribution < 1.29 is 9.18 Å². The first-order valence-corrected chi connectivity index (χ1v) is 7.25. The van der Waals surface area contributed by atoms with E-state index in [9.17, 15) is 9.18 Å². The summed E-state index contributed by atoms with van der Waals surface area (Å²) < 4.78 is 15.7. The number of hydrogen-bond acceptors (Lipinski definition) is 3. The lowest BCUT2D eigenvalue weighted by atomic mass is 10.0. The lowest BCUT2D eigenvalue weighted by Crippen LogP contribution is -2.38. The number of carbonyl (C=O) groups is 1. The molecular weight excluding hydrogens is 283 g/mol. The van der Waals surface area contributed by atoms with E-state index in [0.29, 0.717) is 12.1 Å². The predicted octanol–water partition coefficient (Wildman–Crippen LogP) is 1.83. The van der Waals surface area contributed by atoms with Crippen LogP contribution in [0.1, 0.15) is 18.0 Å². The van der Waals surface area contributed by atoms with Gasteiger partial charge in [-0.25, -0.2) is 4.39 Å². The first-order valence-electron chi connectivity index (χ1n) is 7.25. The highest BCUT2D eigenvalue weighted by molar-refractivity contribution is 5.83. The second kappa shape index (κ2) is 7.70. The molecule has 2 rings (SSSR count). The first-order chi connectivity index (χ1) is 10.6. The number of nitrogens with one attached hydrogen (secondary N) is 1. The third kappa shape index (κ3) is 4.14. The monoisotopic (exact) mass is 304 g/mol. The maximum Gasteiger partial charge on any atom is 0.242 e. The fraction of sp³-hybridized carbons (Fsp3) is 0.375. The zero-order chi connectivity index (χ0) is 15.9. The molecule has 118 valence electrons. The molecule has 1 amide bonds. The molecule has 1 aromatic carbocycles. The van der Waals surface area contributed by atoms with Crippen LogP contribution >= 0.6 is 0 Å². The van der Waals surface area contributed by atoms with E-state index in [4.69, 9.17) is 0 Å². The van der Waals surface area contributed by atoms with E-state index in [0.717, 1.165) is 13.0 Å². The fourth-order valence-electron chi connectivity index (χ4n) is 2.33. The van der Waals surface area contributed by atoms with Gasteiger partial charge in [-0.3, -0.25) is 14.4 Å². The van der Waals surface area contributed by atoms with Gasteiger partial charge in [-0.15, -0.1) is 0 Å². The minimum atomic E-state index is -0.633. The molecule has 0 saturated carbocycles. The van der Waals surface area contributed by atoms with Gasteiger partial charge in [0.2, 0.25) is 5.91 Å². The first kappa shape index (κ1) is 16.2. The zero-order valence-electron chi connectivity index (χ0n) is 12.9. The molecule has 0 spiro atoms. The maximum absolute atomic E-state index is 13.9. The summed E-state index contributed by atoms with van der Waals surface area (Å²) in [5.74, 6) is -0.566. The molecule has 0 fully saturated rings. The number of aryl methyl sites for hydroxylation is 1. The molecule has 5 nitrogen and oxygen atoms in total. The fourth-order valence-corrected chi connectivity index (χ4v) is 2.33. The van der Waals surface area contributed by atoms with Crippen LogP contribution in [-0.4, -0.2) is 41.2 Å². The van der Waals surface area contributed by atoms with Gasteiger partial charge in [0.1, 0.15) is 11.9 Å². The van der Waals surface area contributed by atoms with Crippen LogP contribution in [0.3, 0.4) is 0 Å².